The number of hydrogen-bond donors (Lipinski definition) is 2. The molecule has 5 nitrogen and oxygen atoms in total. The van der Waals surface area contributed by atoms with Crippen molar-refractivity contribution in [1.29, 1.82) is 0 Å². The maximum absolute atomic E-state index is 4.66. The zero-order valence-corrected chi connectivity index (χ0v) is 14.6. The molecular formula is C20H23N5. The molecule has 5 heteroatoms. The summed E-state index contributed by atoms with van der Waals surface area (Å²) in [7, 11) is 4.09. The predicted octanol–water partition coefficient (Wildman–Crippen LogP) is 3.86. The van der Waals surface area contributed by atoms with E-state index in [4.69, 9.17) is 0 Å². The zero-order valence-electron chi connectivity index (χ0n) is 14.6. The molecule has 128 valence electrons. The van der Waals surface area contributed by atoms with Crippen molar-refractivity contribution < 1.29 is 0 Å². The minimum Gasteiger partial charge on any atom is -0.353 e. The van der Waals surface area contributed by atoms with E-state index in [1.54, 1.807) is 0 Å². The van der Waals surface area contributed by atoms with Crippen molar-refractivity contribution in [3.63, 3.8) is 0 Å². The summed E-state index contributed by atoms with van der Waals surface area (Å²) in [6, 6.07) is 22.1. The van der Waals surface area contributed by atoms with Crippen LogP contribution in [0, 0.1) is 0 Å². The van der Waals surface area contributed by atoms with Crippen molar-refractivity contribution in [2.45, 2.75) is 0 Å². The van der Waals surface area contributed by atoms with Crippen molar-refractivity contribution >= 4 is 17.5 Å². The number of nitrogens with one attached hydrogen (secondary N) is 2. The van der Waals surface area contributed by atoms with E-state index >= 15 is 0 Å². The van der Waals surface area contributed by atoms with Gasteiger partial charge in [-0.1, -0.05) is 48.5 Å². The normalized spacial score (nSPS) is 10.7. The molecule has 0 fully saturated rings. The summed E-state index contributed by atoms with van der Waals surface area (Å²) in [4.78, 5) is 11.4. The SMILES string of the molecule is CN(C)CCNc1nc(Nc2ccccc2)cc(-c2ccccc2)n1. The second-order valence-electron chi connectivity index (χ2n) is 6.05. The van der Waals surface area contributed by atoms with Gasteiger partial charge >= 0.3 is 0 Å². The molecule has 0 spiro atoms. The molecule has 2 N–H and O–H groups in total. The lowest BCUT2D eigenvalue weighted by Gasteiger charge is -2.13. The summed E-state index contributed by atoms with van der Waals surface area (Å²) in [6.45, 7) is 1.70. The second kappa shape index (κ2) is 8.26. The summed E-state index contributed by atoms with van der Waals surface area (Å²) in [5.74, 6) is 1.40. The second-order valence-corrected chi connectivity index (χ2v) is 6.05. The molecule has 0 atom stereocenters. The Labute approximate surface area is 148 Å². The van der Waals surface area contributed by atoms with Gasteiger partial charge in [-0.05, 0) is 26.2 Å². The molecule has 0 aliphatic rings. The lowest BCUT2D eigenvalue weighted by molar-refractivity contribution is 0.425. The van der Waals surface area contributed by atoms with Crippen molar-refractivity contribution in [1.82, 2.24) is 14.9 Å². The zero-order chi connectivity index (χ0) is 17.5. The lowest BCUT2D eigenvalue weighted by atomic mass is 10.1. The largest absolute Gasteiger partial charge is 0.353 e. The first-order valence-corrected chi connectivity index (χ1v) is 8.36. The van der Waals surface area contributed by atoms with E-state index in [2.05, 4.69) is 37.6 Å². The molecule has 0 aliphatic carbocycles. The summed E-state index contributed by atoms with van der Waals surface area (Å²) < 4.78 is 0. The molecule has 0 saturated heterocycles. The number of nitrogens with zero attached hydrogens (tertiary/aromatic N) is 3. The maximum Gasteiger partial charge on any atom is 0.225 e. The van der Waals surface area contributed by atoms with E-state index in [1.165, 1.54) is 0 Å². The molecule has 2 aromatic carbocycles. The maximum atomic E-state index is 4.66. The van der Waals surface area contributed by atoms with Crippen molar-refractivity contribution in [2.24, 2.45) is 0 Å². The highest BCUT2D eigenvalue weighted by Crippen LogP contribution is 2.23. The average molecular weight is 333 g/mol. The van der Waals surface area contributed by atoms with Gasteiger partial charge < -0.3 is 15.5 Å². The number of para-hydroxylation sites is 1. The standard InChI is InChI=1S/C20H23N5/c1-25(2)14-13-21-20-23-18(16-9-5-3-6-10-16)15-19(24-20)22-17-11-7-4-8-12-17/h3-12,15H,13-14H2,1-2H3,(H2,21,22,23,24). The summed E-state index contributed by atoms with van der Waals surface area (Å²) in [6.07, 6.45) is 0. The Kier molecular flexibility index (Phi) is 5.59. The van der Waals surface area contributed by atoms with Crippen LogP contribution in [-0.4, -0.2) is 42.1 Å². The van der Waals surface area contributed by atoms with Crippen LogP contribution in [0.4, 0.5) is 17.5 Å². The topological polar surface area (TPSA) is 53.1 Å². The fraction of sp³-hybridized carbons (Fsp3) is 0.200. The van der Waals surface area contributed by atoms with Gasteiger partial charge in [-0.2, -0.15) is 4.98 Å². The van der Waals surface area contributed by atoms with Crippen LogP contribution < -0.4 is 10.6 Å². The first kappa shape index (κ1) is 16.9. The van der Waals surface area contributed by atoms with E-state index < -0.39 is 0 Å². The number of rotatable bonds is 7. The minimum atomic E-state index is 0.627. The predicted molar refractivity (Wildman–Crippen MR) is 104 cm³/mol. The van der Waals surface area contributed by atoms with Crippen LogP contribution in [0.1, 0.15) is 0 Å². The van der Waals surface area contributed by atoms with E-state index in [1.807, 2.05) is 68.7 Å². The summed E-state index contributed by atoms with van der Waals surface area (Å²) in [5, 5.41) is 6.66. The minimum absolute atomic E-state index is 0.627. The van der Waals surface area contributed by atoms with Crippen LogP contribution in [0.5, 0.6) is 0 Å². The van der Waals surface area contributed by atoms with Gasteiger partial charge in [0.2, 0.25) is 5.95 Å². The Balaban J connectivity index is 1.87. The fourth-order valence-corrected chi connectivity index (χ4v) is 2.41. The Hall–Kier alpha value is -2.92. The number of benzene rings is 2. The molecule has 1 heterocycles. The molecule has 0 aliphatic heterocycles. The molecular weight excluding hydrogens is 310 g/mol. The van der Waals surface area contributed by atoms with Crippen LogP contribution >= 0.6 is 0 Å². The van der Waals surface area contributed by atoms with Crippen LogP contribution in [0.2, 0.25) is 0 Å². The molecule has 0 bridgehead atoms. The summed E-state index contributed by atoms with van der Waals surface area (Å²) in [5.41, 5.74) is 2.96. The van der Waals surface area contributed by atoms with Gasteiger partial charge in [0.25, 0.3) is 0 Å². The Bertz CT molecular complexity index is 788. The van der Waals surface area contributed by atoms with E-state index in [0.717, 1.165) is 35.9 Å². The first-order chi connectivity index (χ1) is 12.2. The van der Waals surface area contributed by atoms with Crippen molar-refractivity contribution in [2.75, 3.05) is 37.8 Å². The van der Waals surface area contributed by atoms with Crippen molar-refractivity contribution in [3.05, 3.63) is 66.7 Å². The number of aromatic nitrogens is 2. The monoisotopic (exact) mass is 333 g/mol. The van der Waals surface area contributed by atoms with Gasteiger partial charge in [-0.15, -0.1) is 0 Å². The third-order valence-electron chi connectivity index (χ3n) is 3.68. The number of anilines is 3. The Morgan fingerprint density at radius 3 is 2.24 bits per heavy atom. The van der Waals surface area contributed by atoms with Crippen LogP contribution in [-0.2, 0) is 0 Å². The molecule has 25 heavy (non-hydrogen) atoms. The van der Waals surface area contributed by atoms with Gasteiger partial charge in [0.1, 0.15) is 5.82 Å². The molecule has 0 radical (unpaired) electrons. The van der Waals surface area contributed by atoms with Gasteiger partial charge in [0.05, 0.1) is 5.69 Å². The lowest BCUT2D eigenvalue weighted by Crippen LogP contribution is -2.21. The van der Waals surface area contributed by atoms with Gasteiger partial charge in [-0.25, -0.2) is 4.98 Å². The highest BCUT2D eigenvalue weighted by Gasteiger charge is 2.07. The molecule has 1 aromatic heterocycles. The van der Waals surface area contributed by atoms with Crippen LogP contribution in [0.25, 0.3) is 11.3 Å². The van der Waals surface area contributed by atoms with Gasteiger partial charge in [0, 0.05) is 30.4 Å². The first-order valence-electron chi connectivity index (χ1n) is 8.36. The quantitative estimate of drug-likeness (QED) is 0.687. The molecule has 0 unspecified atom stereocenters. The molecule has 3 aromatic rings. The van der Waals surface area contributed by atoms with Crippen molar-refractivity contribution in [3.8, 4) is 11.3 Å². The fourth-order valence-electron chi connectivity index (χ4n) is 2.41. The third kappa shape index (κ3) is 5.02. The van der Waals surface area contributed by atoms with Crippen LogP contribution in [0.3, 0.4) is 0 Å². The molecule has 3 rings (SSSR count). The van der Waals surface area contributed by atoms with Gasteiger partial charge in [0.15, 0.2) is 0 Å². The Morgan fingerprint density at radius 2 is 1.56 bits per heavy atom. The number of likely N-dealkylation sites (N-methyl/N-ethyl adjacent to an activating group) is 1. The van der Waals surface area contributed by atoms with E-state index in [9.17, 15) is 0 Å². The molecule has 0 amide bonds. The average Bonchev–Trinajstić information content (AvgIpc) is 2.63. The highest BCUT2D eigenvalue weighted by atomic mass is 15.2. The molecule has 0 saturated carbocycles. The van der Waals surface area contributed by atoms with E-state index in [-0.39, 0.29) is 0 Å². The smallest absolute Gasteiger partial charge is 0.225 e. The number of hydrogen-bond acceptors (Lipinski definition) is 5. The third-order valence-corrected chi connectivity index (χ3v) is 3.68. The highest BCUT2D eigenvalue weighted by molar-refractivity contribution is 5.67. The van der Waals surface area contributed by atoms with Gasteiger partial charge in [-0.3, -0.25) is 0 Å². The summed E-state index contributed by atoms with van der Waals surface area (Å²) >= 11 is 0. The van der Waals surface area contributed by atoms with E-state index in [0.29, 0.717) is 5.95 Å². The Morgan fingerprint density at radius 1 is 0.880 bits per heavy atom. The van der Waals surface area contributed by atoms with Crippen LogP contribution in [0.15, 0.2) is 66.7 Å².